The number of rotatable bonds is 6. The fraction of sp³-hybridized carbons (Fsp3) is 0.263. The van der Waals surface area contributed by atoms with Crippen molar-refractivity contribution >= 4 is 11.8 Å². The summed E-state index contributed by atoms with van der Waals surface area (Å²) in [4.78, 5) is 0. The molecule has 0 bridgehead atoms. The summed E-state index contributed by atoms with van der Waals surface area (Å²) >= 11 is 1.21. The van der Waals surface area contributed by atoms with Crippen LogP contribution in [0.1, 0.15) is 28.1 Å². The van der Waals surface area contributed by atoms with Crippen LogP contribution in [0, 0.1) is 13.8 Å². The second-order valence-corrected chi connectivity index (χ2v) is 7.21. The van der Waals surface area contributed by atoms with Gasteiger partial charge in [0.2, 0.25) is 5.16 Å². The molecule has 0 unspecified atom stereocenters. The van der Waals surface area contributed by atoms with Gasteiger partial charge in [-0.1, -0.05) is 48.2 Å². The number of para-hydroxylation sites is 1. The van der Waals surface area contributed by atoms with Gasteiger partial charge in [-0.25, -0.2) is 4.68 Å². The Morgan fingerprint density at radius 3 is 2.43 bits per heavy atom. The predicted octanol–water partition coefficient (Wildman–Crippen LogP) is 4.50. The Morgan fingerprint density at radius 1 is 1.07 bits per heavy atom. The molecule has 0 aliphatic carbocycles. The maximum absolute atomic E-state index is 12.8. The van der Waals surface area contributed by atoms with Crippen molar-refractivity contribution in [2.75, 3.05) is 5.84 Å². The molecule has 2 N–H and O–H groups in total. The number of nitrogens with zero attached hydrogens (tertiary/aromatic N) is 3. The molecule has 0 saturated heterocycles. The van der Waals surface area contributed by atoms with Crippen LogP contribution in [0.4, 0.5) is 13.2 Å². The van der Waals surface area contributed by atoms with Crippen LogP contribution in [0.2, 0.25) is 0 Å². The van der Waals surface area contributed by atoms with Crippen molar-refractivity contribution in [3.63, 3.8) is 0 Å². The van der Waals surface area contributed by atoms with Gasteiger partial charge in [-0.2, -0.15) is 13.2 Å². The molecular weight excluding hydrogens is 389 g/mol. The third kappa shape index (κ3) is 4.59. The topological polar surface area (TPSA) is 66.0 Å². The highest BCUT2D eigenvalue weighted by Crippen LogP contribution is 2.31. The molecule has 148 valence electrons. The Hall–Kier alpha value is -2.68. The van der Waals surface area contributed by atoms with Crippen molar-refractivity contribution in [2.45, 2.75) is 37.5 Å². The van der Waals surface area contributed by atoms with Gasteiger partial charge in [0.1, 0.15) is 12.4 Å². The predicted molar refractivity (Wildman–Crippen MR) is 101 cm³/mol. The van der Waals surface area contributed by atoms with E-state index in [-0.39, 0.29) is 12.4 Å². The first-order chi connectivity index (χ1) is 13.3. The minimum atomic E-state index is -4.37. The molecule has 1 aromatic heterocycles. The molecule has 0 aliphatic rings. The molecule has 1 heterocycles. The van der Waals surface area contributed by atoms with E-state index in [0.717, 1.165) is 29.0 Å². The second-order valence-electron chi connectivity index (χ2n) is 6.27. The van der Waals surface area contributed by atoms with Crippen LogP contribution in [-0.2, 0) is 18.5 Å². The summed E-state index contributed by atoms with van der Waals surface area (Å²) in [7, 11) is 0. The number of thioether (sulfide) groups is 1. The third-order valence-corrected chi connectivity index (χ3v) is 5.13. The zero-order chi connectivity index (χ0) is 20.3. The maximum atomic E-state index is 12.8. The number of hydrogen-bond donors (Lipinski definition) is 1. The average molecular weight is 408 g/mol. The monoisotopic (exact) mass is 408 g/mol. The lowest BCUT2D eigenvalue weighted by Crippen LogP contribution is -2.16. The highest BCUT2D eigenvalue weighted by Gasteiger charge is 2.30. The number of alkyl halides is 3. The average Bonchev–Trinajstić information content (AvgIpc) is 2.99. The third-order valence-electron chi connectivity index (χ3n) is 4.11. The van der Waals surface area contributed by atoms with E-state index in [2.05, 4.69) is 10.2 Å². The van der Waals surface area contributed by atoms with Gasteiger partial charge in [0.15, 0.2) is 5.82 Å². The second kappa shape index (κ2) is 8.14. The van der Waals surface area contributed by atoms with Crippen molar-refractivity contribution in [3.05, 3.63) is 70.5 Å². The van der Waals surface area contributed by atoms with E-state index in [1.54, 1.807) is 6.07 Å². The first-order valence-corrected chi connectivity index (χ1v) is 9.41. The van der Waals surface area contributed by atoms with Gasteiger partial charge >= 0.3 is 6.18 Å². The van der Waals surface area contributed by atoms with Crippen LogP contribution < -0.4 is 10.6 Å². The number of hydrogen-bond acceptors (Lipinski definition) is 5. The summed E-state index contributed by atoms with van der Waals surface area (Å²) in [5.74, 6) is 7.50. The number of nitrogens with two attached hydrogens (primary N) is 1. The van der Waals surface area contributed by atoms with E-state index in [4.69, 9.17) is 10.6 Å². The summed E-state index contributed by atoms with van der Waals surface area (Å²) in [6, 6.07) is 11.0. The maximum Gasteiger partial charge on any atom is 0.416 e. The minimum Gasteiger partial charge on any atom is -0.485 e. The molecule has 0 spiro atoms. The first kappa shape index (κ1) is 20.1. The fourth-order valence-electron chi connectivity index (χ4n) is 2.65. The Morgan fingerprint density at radius 2 is 1.75 bits per heavy atom. The van der Waals surface area contributed by atoms with E-state index in [0.29, 0.717) is 16.5 Å². The highest BCUT2D eigenvalue weighted by atomic mass is 32.2. The van der Waals surface area contributed by atoms with Crippen LogP contribution in [0.15, 0.2) is 47.6 Å². The molecule has 9 heteroatoms. The summed E-state index contributed by atoms with van der Waals surface area (Å²) in [6.07, 6.45) is -4.37. The van der Waals surface area contributed by atoms with Crippen LogP contribution in [0.5, 0.6) is 5.75 Å². The van der Waals surface area contributed by atoms with Gasteiger partial charge in [-0.15, -0.1) is 10.2 Å². The largest absolute Gasteiger partial charge is 0.485 e. The molecule has 5 nitrogen and oxygen atoms in total. The highest BCUT2D eigenvalue weighted by molar-refractivity contribution is 7.98. The van der Waals surface area contributed by atoms with Crippen molar-refractivity contribution in [2.24, 2.45) is 0 Å². The van der Waals surface area contributed by atoms with Gasteiger partial charge in [0.25, 0.3) is 0 Å². The molecule has 2 aromatic carbocycles. The molecule has 28 heavy (non-hydrogen) atoms. The lowest BCUT2D eigenvalue weighted by atomic mass is 10.1. The number of benzene rings is 2. The Bertz CT molecular complexity index is 952. The first-order valence-electron chi connectivity index (χ1n) is 8.43. The van der Waals surface area contributed by atoms with Gasteiger partial charge in [0.05, 0.1) is 5.56 Å². The van der Waals surface area contributed by atoms with Gasteiger partial charge in [0, 0.05) is 5.75 Å². The smallest absolute Gasteiger partial charge is 0.416 e. The molecule has 0 aliphatic heterocycles. The summed E-state index contributed by atoms with van der Waals surface area (Å²) in [5, 5.41) is 8.43. The summed E-state index contributed by atoms with van der Waals surface area (Å²) < 4.78 is 45.6. The normalized spacial score (nSPS) is 11.6. The van der Waals surface area contributed by atoms with Crippen molar-refractivity contribution < 1.29 is 17.9 Å². The van der Waals surface area contributed by atoms with Gasteiger partial charge in [-0.3, -0.25) is 0 Å². The van der Waals surface area contributed by atoms with Crippen LogP contribution in [-0.4, -0.2) is 14.9 Å². The molecule has 0 fully saturated rings. The number of halogens is 3. The summed E-state index contributed by atoms with van der Waals surface area (Å²) in [5.41, 5.74) is 1.85. The number of nitrogen functional groups attached to an aromatic ring is 1. The van der Waals surface area contributed by atoms with E-state index < -0.39 is 11.7 Å². The Kier molecular flexibility index (Phi) is 5.83. The molecule has 3 aromatic rings. The number of ether oxygens (including phenoxy) is 1. The molecule has 0 radical (unpaired) electrons. The zero-order valence-corrected chi connectivity index (χ0v) is 16.1. The van der Waals surface area contributed by atoms with E-state index in [1.807, 2.05) is 32.0 Å². The lowest BCUT2D eigenvalue weighted by molar-refractivity contribution is -0.137. The van der Waals surface area contributed by atoms with E-state index in [1.165, 1.54) is 22.5 Å². The van der Waals surface area contributed by atoms with E-state index in [9.17, 15) is 13.2 Å². The van der Waals surface area contributed by atoms with Crippen LogP contribution in [0.25, 0.3) is 0 Å². The minimum absolute atomic E-state index is 0.138. The number of aromatic nitrogens is 3. The Balaban J connectivity index is 1.65. The van der Waals surface area contributed by atoms with Crippen molar-refractivity contribution in [1.82, 2.24) is 14.9 Å². The molecule has 3 rings (SSSR count). The zero-order valence-electron chi connectivity index (χ0n) is 15.3. The molecule has 0 saturated carbocycles. The molecule has 0 atom stereocenters. The summed E-state index contributed by atoms with van der Waals surface area (Å²) in [6.45, 7) is 4.04. The lowest BCUT2D eigenvalue weighted by Gasteiger charge is -2.11. The molecule has 0 amide bonds. The SMILES string of the molecule is Cc1cccc(C)c1OCc1nnc(SCc2cccc(C(F)(F)F)c2)n1N. The molecular formula is C19H19F3N4OS. The van der Waals surface area contributed by atoms with Crippen molar-refractivity contribution in [1.29, 1.82) is 0 Å². The van der Waals surface area contributed by atoms with Crippen LogP contribution in [0.3, 0.4) is 0 Å². The van der Waals surface area contributed by atoms with Gasteiger partial charge < -0.3 is 10.6 Å². The van der Waals surface area contributed by atoms with Crippen LogP contribution >= 0.6 is 11.8 Å². The van der Waals surface area contributed by atoms with Crippen molar-refractivity contribution in [3.8, 4) is 5.75 Å². The standard InChI is InChI=1S/C19H19F3N4OS/c1-12-5-3-6-13(2)17(12)27-10-16-24-25-18(26(16)23)28-11-14-7-4-8-15(9-14)19(20,21)22/h3-9H,10-11,23H2,1-2H3. The van der Waals surface area contributed by atoms with E-state index >= 15 is 0 Å². The van der Waals surface area contributed by atoms with Gasteiger partial charge in [-0.05, 0) is 36.6 Å². The fourth-order valence-corrected chi connectivity index (χ4v) is 3.47. The number of aryl methyl sites for hydroxylation is 2. The Labute approximate surface area is 164 Å². The quantitative estimate of drug-likeness (QED) is 0.481.